The van der Waals surface area contributed by atoms with Crippen LogP contribution in [-0.4, -0.2) is 71.8 Å². The highest BCUT2D eigenvalue weighted by Crippen LogP contribution is 2.51. The molecule has 3 N–H and O–H groups in total. The Balaban J connectivity index is 0.908. The number of benzene rings is 3. The molecule has 1 aliphatic carbocycles. The average molecular weight is 818 g/mol. The molecule has 4 fully saturated rings. The van der Waals surface area contributed by atoms with Crippen LogP contribution in [0.15, 0.2) is 60.7 Å². The number of nitriles is 1. The number of nitrogens with one attached hydrogen (secondary N) is 3. The predicted octanol–water partition coefficient (Wildman–Crippen LogP) is 6.47. The van der Waals surface area contributed by atoms with Crippen LogP contribution < -0.4 is 30.5 Å². The van der Waals surface area contributed by atoms with Gasteiger partial charge in [0.25, 0.3) is 5.91 Å². The van der Waals surface area contributed by atoms with E-state index in [0.717, 1.165) is 67.9 Å². The molecule has 0 aromatic heterocycles. The first kappa shape index (κ1) is 40.9. The maximum absolute atomic E-state index is 14.0. The van der Waals surface area contributed by atoms with Gasteiger partial charge >= 0.3 is 6.18 Å². The van der Waals surface area contributed by atoms with Crippen LogP contribution in [0.3, 0.4) is 0 Å². The summed E-state index contributed by atoms with van der Waals surface area (Å²) in [4.78, 5) is 55.8. The number of ether oxygens (including phenoxy) is 1. The van der Waals surface area contributed by atoms with E-state index in [9.17, 15) is 37.6 Å². The third kappa shape index (κ3) is 8.47. The summed E-state index contributed by atoms with van der Waals surface area (Å²) in [5.41, 5.74) is -0.387. The van der Waals surface area contributed by atoms with Gasteiger partial charge in [0.1, 0.15) is 17.3 Å². The Hall–Kier alpha value is -5.27. The fourth-order valence-electron chi connectivity index (χ4n) is 8.40. The molecule has 4 amide bonds. The van der Waals surface area contributed by atoms with E-state index in [4.69, 9.17) is 17.4 Å². The smallest absolute Gasteiger partial charge is 0.417 e. The zero-order valence-electron chi connectivity index (χ0n) is 32.1. The number of carbonyl (C=O) groups is 4. The van der Waals surface area contributed by atoms with E-state index in [1.54, 1.807) is 24.3 Å². The predicted molar refractivity (Wildman–Crippen MR) is 215 cm³/mol. The van der Waals surface area contributed by atoms with Gasteiger partial charge in [0, 0.05) is 29.2 Å². The molecule has 2 unspecified atom stereocenters. The lowest BCUT2D eigenvalue weighted by molar-refractivity contribution is -0.138. The first-order chi connectivity index (χ1) is 27.8. The average Bonchev–Trinajstić information content (AvgIpc) is 3.42. The lowest BCUT2D eigenvalue weighted by Gasteiger charge is -2.44. The SMILES string of the molecule is CCc1cc(N2C(S)N(c3ccc(C#N)c(C(F)(F)F)c3)C(=O)C23CCC3)ccc1OCCC1CCN(CC(=O)Nc2cccc(NC3CCC(=O)NC3=O)c2)CC1. The van der Waals surface area contributed by atoms with Crippen molar-refractivity contribution in [1.82, 2.24) is 10.2 Å². The van der Waals surface area contributed by atoms with Gasteiger partial charge < -0.3 is 20.3 Å². The number of aryl methyl sites for hydroxylation is 1. The van der Waals surface area contributed by atoms with E-state index in [1.165, 1.54) is 11.0 Å². The number of rotatable bonds is 12. The van der Waals surface area contributed by atoms with Crippen molar-refractivity contribution in [2.45, 2.75) is 88.0 Å². The Kier molecular flexibility index (Phi) is 11.9. The molecule has 3 aromatic carbocycles. The number of hydrogen-bond acceptors (Lipinski definition) is 10. The minimum Gasteiger partial charge on any atom is -0.493 e. The van der Waals surface area contributed by atoms with Crippen LogP contribution in [0.2, 0.25) is 0 Å². The van der Waals surface area contributed by atoms with Gasteiger partial charge in [0.15, 0.2) is 5.50 Å². The highest BCUT2D eigenvalue weighted by Gasteiger charge is 2.60. The third-order valence-corrected chi connectivity index (χ3v) is 12.2. The molecule has 16 heteroatoms. The zero-order valence-corrected chi connectivity index (χ0v) is 33.0. The van der Waals surface area contributed by atoms with E-state index in [0.29, 0.717) is 49.6 Å². The number of imide groups is 1. The highest BCUT2D eigenvalue weighted by atomic mass is 32.1. The van der Waals surface area contributed by atoms with Crippen molar-refractivity contribution in [3.05, 3.63) is 77.4 Å². The van der Waals surface area contributed by atoms with E-state index < -0.39 is 34.4 Å². The van der Waals surface area contributed by atoms with Crippen molar-refractivity contribution in [2.24, 2.45) is 5.92 Å². The van der Waals surface area contributed by atoms with Crippen LogP contribution in [-0.2, 0) is 31.8 Å². The number of piperidine rings is 2. The number of halogens is 3. The summed E-state index contributed by atoms with van der Waals surface area (Å²) in [5.74, 6) is 0.0940. The van der Waals surface area contributed by atoms with Gasteiger partial charge in [-0.25, -0.2) is 0 Å². The number of thiol groups is 1. The normalized spacial score (nSPS) is 21.1. The van der Waals surface area contributed by atoms with E-state index in [-0.39, 0.29) is 42.3 Å². The van der Waals surface area contributed by atoms with Crippen LogP contribution in [0.4, 0.5) is 35.9 Å². The lowest BCUT2D eigenvalue weighted by atomic mass is 9.75. The van der Waals surface area contributed by atoms with Crippen LogP contribution in [0.5, 0.6) is 5.75 Å². The molecule has 3 saturated heterocycles. The Morgan fingerprint density at radius 1 is 1.02 bits per heavy atom. The molecule has 1 spiro atoms. The van der Waals surface area contributed by atoms with Gasteiger partial charge in [0.2, 0.25) is 17.7 Å². The molecule has 1 saturated carbocycles. The molecule has 3 aliphatic heterocycles. The highest BCUT2D eigenvalue weighted by molar-refractivity contribution is 7.81. The number of amides is 4. The molecule has 4 aliphatic rings. The van der Waals surface area contributed by atoms with E-state index in [2.05, 4.69) is 20.9 Å². The largest absolute Gasteiger partial charge is 0.493 e. The van der Waals surface area contributed by atoms with Crippen LogP contribution in [0.25, 0.3) is 0 Å². The molecule has 12 nitrogen and oxygen atoms in total. The van der Waals surface area contributed by atoms with Crippen molar-refractivity contribution in [1.29, 1.82) is 5.26 Å². The minimum absolute atomic E-state index is 0.0405. The molecule has 7 rings (SSSR count). The quantitative estimate of drug-likeness (QED) is 0.119. The number of hydrogen-bond donors (Lipinski definition) is 4. The standard InChI is InChI=1S/C42H46F3N7O5S/c1-2-27-21-32(52-40(58)51(39(56)41(52)16-4-17-41)31-8-7-28(24-46)33(23-31)42(43,44)45)9-11-35(27)57-20-15-26-13-18-50(19-14-26)25-37(54)48-30-6-3-5-29(22-30)47-34-10-12-36(53)49-38(34)55/h3,5-9,11,21-23,26,34,40,47,58H,2,4,10,12-20,25H2,1H3,(H,48,54)(H,49,53,55). The molecule has 3 aromatic rings. The van der Waals surface area contributed by atoms with Gasteiger partial charge in [-0.3, -0.25) is 34.3 Å². The molecule has 306 valence electrons. The first-order valence-electron chi connectivity index (χ1n) is 19.7. The van der Waals surface area contributed by atoms with Crippen molar-refractivity contribution < 1.29 is 37.1 Å². The summed E-state index contributed by atoms with van der Waals surface area (Å²) in [6.07, 6.45) is 1.17. The molecule has 0 bridgehead atoms. The molecule has 2 atom stereocenters. The van der Waals surface area contributed by atoms with Crippen molar-refractivity contribution in [2.75, 3.05) is 46.7 Å². The molecule has 3 heterocycles. The summed E-state index contributed by atoms with van der Waals surface area (Å²) < 4.78 is 47.8. The second-order valence-corrected chi connectivity index (χ2v) is 15.9. The molecular weight excluding hydrogens is 772 g/mol. The fourth-order valence-corrected chi connectivity index (χ4v) is 9.00. The Morgan fingerprint density at radius 2 is 1.76 bits per heavy atom. The summed E-state index contributed by atoms with van der Waals surface area (Å²) in [6.45, 7) is 4.35. The first-order valence-corrected chi connectivity index (χ1v) is 20.2. The maximum Gasteiger partial charge on any atom is 0.417 e. The number of nitrogens with zero attached hydrogens (tertiary/aromatic N) is 4. The zero-order chi connectivity index (χ0) is 41.2. The van der Waals surface area contributed by atoms with Gasteiger partial charge in [-0.2, -0.15) is 18.4 Å². The summed E-state index contributed by atoms with van der Waals surface area (Å²) >= 11 is 4.81. The number of anilines is 4. The number of alkyl halides is 3. The monoisotopic (exact) mass is 817 g/mol. The minimum atomic E-state index is -4.76. The summed E-state index contributed by atoms with van der Waals surface area (Å²) in [7, 11) is 0. The number of carbonyl (C=O) groups excluding carboxylic acids is 4. The van der Waals surface area contributed by atoms with Crippen molar-refractivity contribution >= 4 is 59.0 Å². The second-order valence-electron chi connectivity index (χ2n) is 15.4. The topological polar surface area (TPSA) is 147 Å². The van der Waals surface area contributed by atoms with Gasteiger partial charge in [-0.1, -0.05) is 13.0 Å². The van der Waals surface area contributed by atoms with Gasteiger partial charge in [-0.05, 0) is 131 Å². The Labute approximate surface area is 340 Å². The van der Waals surface area contributed by atoms with Crippen molar-refractivity contribution in [3.8, 4) is 11.8 Å². The summed E-state index contributed by atoms with van der Waals surface area (Å²) in [5, 5.41) is 17.7. The molecular formula is C42H46F3N7O5S. The van der Waals surface area contributed by atoms with Gasteiger partial charge in [0.05, 0.1) is 30.3 Å². The van der Waals surface area contributed by atoms with Crippen LogP contribution >= 0.6 is 12.6 Å². The van der Waals surface area contributed by atoms with E-state index in [1.807, 2.05) is 36.1 Å². The van der Waals surface area contributed by atoms with Crippen LogP contribution in [0.1, 0.15) is 75.0 Å². The maximum atomic E-state index is 14.0. The van der Waals surface area contributed by atoms with E-state index >= 15 is 0 Å². The Bertz CT molecular complexity index is 2110. The third-order valence-electron chi connectivity index (χ3n) is 11.7. The van der Waals surface area contributed by atoms with Crippen molar-refractivity contribution in [3.63, 3.8) is 0 Å². The Morgan fingerprint density at radius 3 is 2.43 bits per heavy atom. The molecule has 0 radical (unpaired) electrons. The lowest BCUT2D eigenvalue weighted by Crippen LogP contribution is -2.55. The summed E-state index contributed by atoms with van der Waals surface area (Å²) in [6, 6.07) is 17.3. The van der Waals surface area contributed by atoms with Gasteiger partial charge in [-0.15, -0.1) is 12.6 Å². The molecule has 58 heavy (non-hydrogen) atoms. The van der Waals surface area contributed by atoms with Crippen LogP contribution in [0, 0.1) is 17.2 Å². The number of likely N-dealkylation sites (tertiary alicyclic amines) is 1. The fraction of sp³-hybridized carbons (Fsp3) is 0.452. The second kappa shape index (κ2) is 16.9.